The number of aliphatic imine (C=N–C) groups is 1. The quantitative estimate of drug-likeness (QED) is 0.459. The second-order valence-corrected chi connectivity index (χ2v) is 9.16. The maximum absolute atomic E-state index is 13.1. The zero-order chi connectivity index (χ0) is 24.9. The number of carbonyl (C=O) groups excluding carboxylic acids is 2. The van der Waals surface area contributed by atoms with Crippen molar-refractivity contribution < 1.29 is 14.3 Å². The number of amides is 2. The highest BCUT2D eigenvalue weighted by Crippen LogP contribution is 2.31. The van der Waals surface area contributed by atoms with Gasteiger partial charge in [0, 0.05) is 25.6 Å². The molecule has 184 valence electrons. The summed E-state index contributed by atoms with van der Waals surface area (Å²) in [6.07, 6.45) is 2.00. The smallest absolute Gasteiger partial charge is 0.246 e. The van der Waals surface area contributed by atoms with Crippen LogP contribution in [0, 0.1) is 0 Å². The van der Waals surface area contributed by atoms with Gasteiger partial charge in [-0.05, 0) is 42.2 Å². The Morgan fingerprint density at radius 3 is 2.39 bits per heavy atom. The minimum absolute atomic E-state index is 0.0305. The third-order valence-corrected chi connectivity index (χ3v) is 6.59. The van der Waals surface area contributed by atoms with Gasteiger partial charge in [0.05, 0.1) is 18.3 Å². The second kappa shape index (κ2) is 10.6. The molecule has 0 radical (unpaired) electrons. The summed E-state index contributed by atoms with van der Waals surface area (Å²) in [4.78, 5) is 33.0. The molecule has 0 aromatic heterocycles. The van der Waals surface area contributed by atoms with Crippen LogP contribution < -0.4 is 10.1 Å². The number of carbonyl (C=O) groups is 2. The van der Waals surface area contributed by atoms with Gasteiger partial charge in [0.15, 0.2) is 0 Å². The molecular weight excluding hydrogens is 452 g/mol. The van der Waals surface area contributed by atoms with E-state index in [9.17, 15) is 9.59 Å². The van der Waals surface area contributed by atoms with E-state index in [0.717, 1.165) is 41.0 Å². The van der Waals surface area contributed by atoms with Crippen molar-refractivity contribution in [2.45, 2.75) is 31.8 Å². The second-order valence-electron chi connectivity index (χ2n) is 9.16. The first-order chi connectivity index (χ1) is 17.6. The first-order valence-electron chi connectivity index (χ1n) is 12.3. The number of hydrogen-bond acceptors (Lipinski definition) is 5. The Morgan fingerprint density at radius 1 is 1.00 bits per heavy atom. The molecule has 36 heavy (non-hydrogen) atoms. The van der Waals surface area contributed by atoms with Crippen molar-refractivity contribution in [2.24, 2.45) is 4.99 Å². The lowest BCUT2D eigenvalue weighted by atomic mass is 9.97. The molecule has 1 fully saturated rings. The molecule has 0 spiro atoms. The van der Waals surface area contributed by atoms with Crippen molar-refractivity contribution in [1.82, 2.24) is 15.1 Å². The zero-order valence-electron chi connectivity index (χ0n) is 20.4. The Balaban J connectivity index is 1.12. The van der Waals surface area contributed by atoms with Crippen molar-refractivity contribution in [3.8, 4) is 5.75 Å². The van der Waals surface area contributed by atoms with Gasteiger partial charge >= 0.3 is 0 Å². The highest BCUT2D eigenvalue weighted by molar-refractivity contribution is 6.05. The summed E-state index contributed by atoms with van der Waals surface area (Å²) < 4.78 is 5.96. The van der Waals surface area contributed by atoms with E-state index in [1.807, 2.05) is 71.4 Å². The van der Waals surface area contributed by atoms with Gasteiger partial charge in [-0.3, -0.25) is 14.9 Å². The average molecular weight is 483 g/mol. The molecule has 0 saturated carbocycles. The topological polar surface area (TPSA) is 74.2 Å². The monoisotopic (exact) mass is 482 g/mol. The van der Waals surface area contributed by atoms with Crippen molar-refractivity contribution in [2.75, 3.05) is 20.2 Å². The summed E-state index contributed by atoms with van der Waals surface area (Å²) >= 11 is 0. The van der Waals surface area contributed by atoms with Crippen LogP contribution in [0.25, 0.3) is 0 Å². The third kappa shape index (κ3) is 5.25. The van der Waals surface area contributed by atoms with Crippen molar-refractivity contribution in [1.29, 1.82) is 0 Å². The molecule has 2 amide bonds. The number of hydrogen-bond donors (Lipinski definition) is 1. The molecule has 0 atom stereocenters. The van der Waals surface area contributed by atoms with Crippen LogP contribution in [0.2, 0.25) is 0 Å². The van der Waals surface area contributed by atoms with Gasteiger partial charge in [0.25, 0.3) is 0 Å². The predicted octanol–water partition coefficient (Wildman–Crippen LogP) is 4.42. The van der Waals surface area contributed by atoms with E-state index in [1.54, 1.807) is 0 Å². The number of fused-ring (bicyclic) bond motifs is 2. The lowest BCUT2D eigenvalue weighted by Gasteiger charge is -2.29. The van der Waals surface area contributed by atoms with Gasteiger partial charge in [-0.1, -0.05) is 60.7 Å². The van der Waals surface area contributed by atoms with E-state index in [1.165, 1.54) is 0 Å². The van der Waals surface area contributed by atoms with Crippen LogP contribution in [0.3, 0.4) is 0 Å². The summed E-state index contributed by atoms with van der Waals surface area (Å²) in [5, 5.41) is 2.78. The maximum atomic E-state index is 13.1. The molecule has 2 aliphatic heterocycles. The molecule has 3 aromatic carbocycles. The SMILES string of the molecule is CN(C(=O)CCCCOc1ccc2c(c1)CN1CC(=O)NC1=N2)C(c1ccccc1)c1ccccc1. The van der Waals surface area contributed by atoms with Gasteiger partial charge in [0.1, 0.15) is 12.3 Å². The van der Waals surface area contributed by atoms with Crippen LogP contribution >= 0.6 is 0 Å². The highest BCUT2D eigenvalue weighted by Gasteiger charge is 2.29. The Morgan fingerprint density at radius 2 is 1.69 bits per heavy atom. The Bertz CT molecular complexity index is 1220. The Hall–Kier alpha value is -4.13. The molecule has 7 heteroatoms. The first kappa shape index (κ1) is 23.6. The molecule has 2 heterocycles. The number of nitrogens with one attached hydrogen (secondary N) is 1. The molecule has 1 saturated heterocycles. The summed E-state index contributed by atoms with van der Waals surface area (Å²) in [6.45, 7) is 1.50. The van der Waals surface area contributed by atoms with E-state index >= 15 is 0 Å². The van der Waals surface area contributed by atoms with E-state index < -0.39 is 0 Å². The average Bonchev–Trinajstić information content (AvgIpc) is 3.27. The van der Waals surface area contributed by atoms with Gasteiger partial charge < -0.3 is 14.5 Å². The number of guanidine groups is 1. The number of benzene rings is 3. The minimum Gasteiger partial charge on any atom is -0.494 e. The lowest BCUT2D eigenvalue weighted by molar-refractivity contribution is -0.131. The Kier molecular flexibility index (Phi) is 6.98. The first-order valence-corrected chi connectivity index (χ1v) is 12.3. The molecule has 0 aliphatic carbocycles. The van der Waals surface area contributed by atoms with Crippen LogP contribution in [-0.4, -0.2) is 47.8 Å². The number of ether oxygens (including phenoxy) is 1. The fraction of sp³-hybridized carbons (Fsp3) is 0.276. The van der Waals surface area contributed by atoms with Crippen LogP contribution in [0.1, 0.15) is 42.0 Å². The zero-order valence-corrected chi connectivity index (χ0v) is 20.4. The standard InChI is InChI=1S/C29H30N4O3/c1-32(28(21-10-4-2-5-11-21)22-12-6-3-7-13-22)27(35)14-8-9-17-36-24-15-16-25-23(18-24)19-33-20-26(34)31-29(33)30-25/h2-7,10-13,15-16,18,28H,8-9,14,17,19-20H2,1H3,(H,30,31,34). The summed E-state index contributed by atoms with van der Waals surface area (Å²) in [6, 6.07) is 26.0. The fourth-order valence-electron chi connectivity index (χ4n) is 4.73. The fourth-order valence-corrected chi connectivity index (χ4v) is 4.73. The highest BCUT2D eigenvalue weighted by atomic mass is 16.5. The minimum atomic E-state index is -0.115. The van der Waals surface area contributed by atoms with E-state index in [2.05, 4.69) is 34.6 Å². The van der Waals surface area contributed by atoms with Crippen LogP contribution in [0.15, 0.2) is 83.9 Å². The number of nitrogens with zero attached hydrogens (tertiary/aromatic N) is 3. The number of unbranched alkanes of at least 4 members (excludes halogenated alkanes) is 1. The summed E-state index contributed by atoms with van der Waals surface area (Å²) in [7, 11) is 1.88. The van der Waals surface area contributed by atoms with Gasteiger partial charge in [-0.25, -0.2) is 4.99 Å². The lowest BCUT2D eigenvalue weighted by Crippen LogP contribution is -2.32. The van der Waals surface area contributed by atoms with Gasteiger partial charge in [-0.15, -0.1) is 0 Å². The third-order valence-electron chi connectivity index (χ3n) is 6.59. The maximum Gasteiger partial charge on any atom is 0.246 e. The van der Waals surface area contributed by atoms with Crippen molar-refractivity contribution >= 4 is 23.5 Å². The van der Waals surface area contributed by atoms with Crippen LogP contribution in [-0.2, 0) is 16.1 Å². The van der Waals surface area contributed by atoms with Crippen molar-refractivity contribution in [3.63, 3.8) is 0 Å². The molecule has 0 unspecified atom stereocenters. The molecule has 3 aromatic rings. The van der Waals surface area contributed by atoms with E-state index in [-0.39, 0.29) is 17.9 Å². The van der Waals surface area contributed by atoms with Crippen molar-refractivity contribution in [3.05, 3.63) is 95.6 Å². The number of rotatable bonds is 9. The summed E-state index contributed by atoms with van der Waals surface area (Å²) in [5.74, 6) is 1.49. The van der Waals surface area contributed by atoms with E-state index in [0.29, 0.717) is 32.1 Å². The molecule has 7 nitrogen and oxygen atoms in total. The summed E-state index contributed by atoms with van der Waals surface area (Å²) in [5.41, 5.74) is 4.09. The van der Waals surface area contributed by atoms with E-state index in [4.69, 9.17) is 4.74 Å². The predicted molar refractivity (Wildman–Crippen MR) is 139 cm³/mol. The molecule has 1 N–H and O–H groups in total. The molecule has 0 bridgehead atoms. The molecule has 2 aliphatic rings. The van der Waals surface area contributed by atoms with Gasteiger partial charge in [-0.2, -0.15) is 0 Å². The molecule has 5 rings (SSSR count). The van der Waals surface area contributed by atoms with Crippen LogP contribution in [0.5, 0.6) is 5.75 Å². The van der Waals surface area contributed by atoms with Crippen LogP contribution in [0.4, 0.5) is 5.69 Å². The van der Waals surface area contributed by atoms with Gasteiger partial charge in [0.2, 0.25) is 17.8 Å². The molecular formula is C29H30N4O3. The normalized spacial score (nSPS) is 14.1. The largest absolute Gasteiger partial charge is 0.494 e. The Labute approximate surface area is 211 Å².